The predicted molar refractivity (Wildman–Crippen MR) is 116 cm³/mol. The van der Waals surface area contributed by atoms with Gasteiger partial charge in [-0.25, -0.2) is 9.59 Å². The first kappa shape index (κ1) is 23.0. The minimum Gasteiger partial charge on any atom is -0.462 e. The minimum atomic E-state index is -0.608. The third-order valence-electron chi connectivity index (χ3n) is 5.91. The van der Waals surface area contributed by atoms with Gasteiger partial charge >= 0.3 is 11.9 Å². The van der Waals surface area contributed by atoms with Crippen LogP contribution in [0.5, 0.6) is 0 Å². The second-order valence-corrected chi connectivity index (χ2v) is 8.15. The molecule has 2 aliphatic rings. The van der Waals surface area contributed by atoms with Crippen LogP contribution in [0.4, 0.5) is 0 Å². The first-order chi connectivity index (χ1) is 15.0. The average Bonchev–Trinajstić information content (AvgIpc) is 2.78. The number of aromatic nitrogens is 1. The molecule has 0 bridgehead atoms. The molecule has 2 heterocycles. The molecular weight excluding hydrogens is 396 g/mol. The number of carbonyl (C=O) groups excluding carboxylic acids is 2. The van der Waals surface area contributed by atoms with Gasteiger partial charge in [0.05, 0.1) is 30.3 Å². The molecule has 0 saturated heterocycles. The number of methoxy groups -OCH3 is 1. The zero-order valence-electron chi connectivity index (χ0n) is 18.6. The quantitative estimate of drug-likeness (QED) is 0.500. The van der Waals surface area contributed by atoms with E-state index in [1.807, 2.05) is 19.9 Å². The van der Waals surface area contributed by atoms with Gasteiger partial charge in [0.25, 0.3) is 0 Å². The Morgan fingerprint density at radius 2 is 1.71 bits per heavy atom. The van der Waals surface area contributed by atoms with Crippen molar-refractivity contribution in [2.45, 2.75) is 51.9 Å². The van der Waals surface area contributed by atoms with Crippen LogP contribution in [-0.4, -0.2) is 43.9 Å². The van der Waals surface area contributed by atoms with Gasteiger partial charge in [-0.05, 0) is 44.2 Å². The lowest BCUT2D eigenvalue weighted by molar-refractivity contribution is -0.141. The number of rotatable bonds is 8. The topological polar surface area (TPSA) is 86.8 Å². The van der Waals surface area contributed by atoms with Crippen LogP contribution in [0.15, 0.2) is 47.1 Å². The van der Waals surface area contributed by atoms with Crippen LogP contribution >= 0.6 is 0 Å². The molecule has 0 spiro atoms. The molecule has 0 aromatic carbocycles. The monoisotopic (exact) mass is 428 g/mol. The number of nitrogens with one attached hydrogen (secondary N) is 1. The summed E-state index contributed by atoms with van der Waals surface area (Å²) in [5, 5.41) is 3.18. The summed E-state index contributed by atoms with van der Waals surface area (Å²) in [6, 6.07) is 3.65. The van der Waals surface area contributed by atoms with Gasteiger partial charge in [0.1, 0.15) is 6.61 Å². The molecule has 168 valence electrons. The third-order valence-corrected chi connectivity index (χ3v) is 5.91. The summed E-state index contributed by atoms with van der Waals surface area (Å²) in [5.74, 6) is -1.09. The maximum atomic E-state index is 13.2. The first-order valence-electron chi connectivity index (χ1n) is 10.9. The molecular formula is C24H32N2O5. The average molecular weight is 429 g/mol. The van der Waals surface area contributed by atoms with Crippen LogP contribution < -0.4 is 5.32 Å². The van der Waals surface area contributed by atoms with Gasteiger partial charge in [-0.15, -0.1) is 0 Å². The summed E-state index contributed by atoms with van der Waals surface area (Å²) in [5.41, 5.74) is 2.88. The van der Waals surface area contributed by atoms with Crippen molar-refractivity contribution in [2.24, 2.45) is 5.92 Å². The van der Waals surface area contributed by atoms with E-state index in [4.69, 9.17) is 14.2 Å². The molecule has 1 aromatic rings. The van der Waals surface area contributed by atoms with E-state index in [9.17, 15) is 9.59 Å². The number of dihydropyridines is 1. The van der Waals surface area contributed by atoms with Crippen LogP contribution in [-0.2, 0) is 23.8 Å². The van der Waals surface area contributed by atoms with E-state index in [1.165, 1.54) is 19.3 Å². The van der Waals surface area contributed by atoms with Crippen LogP contribution in [0, 0.1) is 5.92 Å². The van der Waals surface area contributed by atoms with E-state index in [0.29, 0.717) is 41.7 Å². The maximum Gasteiger partial charge on any atom is 0.336 e. The largest absolute Gasteiger partial charge is 0.462 e. The Bertz CT molecular complexity index is 841. The number of esters is 2. The smallest absolute Gasteiger partial charge is 0.336 e. The van der Waals surface area contributed by atoms with E-state index < -0.39 is 17.9 Å². The Kier molecular flexibility index (Phi) is 8.23. The fourth-order valence-corrected chi connectivity index (χ4v) is 4.34. The molecule has 1 atom stereocenters. The van der Waals surface area contributed by atoms with E-state index in [-0.39, 0.29) is 6.61 Å². The predicted octanol–water partition coefficient (Wildman–Crippen LogP) is 3.63. The van der Waals surface area contributed by atoms with Crippen molar-refractivity contribution in [1.82, 2.24) is 10.3 Å². The summed E-state index contributed by atoms with van der Waals surface area (Å²) >= 11 is 0. The van der Waals surface area contributed by atoms with Crippen LogP contribution in [0.1, 0.15) is 57.4 Å². The maximum absolute atomic E-state index is 13.2. The summed E-state index contributed by atoms with van der Waals surface area (Å²) in [7, 11) is 1.55. The molecule has 1 aliphatic carbocycles. The highest BCUT2D eigenvalue weighted by molar-refractivity contribution is 5.99. The van der Waals surface area contributed by atoms with Gasteiger partial charge in [0.2, 0.25) is 0 Å². The zero-order chi connectivity index (χ0) is 22.2. The highest BCUT2D eigenvalue weighted by Gasteiger charge is 2.38. The van der Waals surface area contributed by atoms with Gasteiger partial charge in [-0.2, -0.15) is 0 Å². The number of carbonyl (C=O) groups is 2. The Morgan fingerprint density at radius 1 is 1.03 bits per heavy atom. The van der Waals surface area contributed by atoms with Gasteiger partial charge in [0, 0.05) is 30.9 Å². The molecule has 1 N–H and O–H groups in total. The molecule has 0 amide bonds. The minimum absolute atomic E-state index is 0.135. The van der Waals surface area contributed by atoms with Crippen molar-refractivity contribution < 1.29 is 23.8 Å². The Labute approximate surface area is 183 Å². The molecule has 1 saturated carbocycles. The van der Waals surface area contributed by atoms with Crippen LogP contribution in [0.2, 0.25) is 0 Å². The van der Waals surface area contributed by atoms with Crippen LogP contribution in [0.25, 0.3) is 0 Å². The van der Waals surface area contributed by atoms with Crippen molar-refractivity contribution in [2.75, 3.05) is 26.9 Å². The fraction of sp³-hybridized carbons (Fsp3) is 0.542. The standard InChI is InChI=1S/C24H32N2O5/c1-16-20(23(27)30-13-12-29-3)22(19-10-7-11-25-14-19)21(17(2)26-16)24(28)31-15-18-8-5-4-6-9-18/h7,10-11,14,18,22,26H,4-6,8-9,12-13,15H2,1-3H3. The lowest BCUT2D eigenvalue weighted by Gasteiger charge is -2.31. The van der Waals surface area contributed by atoms with Crippen molar-refractivity contribution in [1.29, 1.82) is 0 Å². The zero-order valence-corrected chi connectivity index (χ0v) is 18.6. The number of nitrogens with zero attached hydrogens (tertiary/aromatic N) is 1. The highest BCUT2D eigenvalue weighted by atomic mass is 16.6. The van der Waals surface area contributed by atoms with E-state index in [2.05, 4.69) is 10.3 Å². The second-order valence-electron chi connectivity index (χ2n) is 8.15. The molecule has 3 rings (SSSR count). The van der Waals surface area contributed by atoms with Crippen molar-refractivity contribution in [3.63, 3.8) is 0 Å². The number of hydrogen-bond acceptors (Lipinski definition) is 7. The number of hydrogen-bond donors (Lipinski definition) is 1. The number of ether oxygens (including phenoxy) is 3. The highest BCUT2D eigenvalue weighted by Crippen LogP contribution is 2.39. The second kappa shape index (κ2) is 11.1. The summed E-state index contributed by atoms with van der Waals surface area (Å²) in [6.45, 7) is 4.48. The first-order valence-corrected chi connectivity index (χ1v) is 10.9. The molecule has 1 aromatic heterocycles. The molecule has 1 unspecified atom stereocenters. The normalized spacial score (nSPS) is 19.8. The molecule has 1 aliphatic heterocycles. The Balaban J connectivity index is 1.87. The third kappa shape index (κ3) is 5.73. The lowest BCUT2D eigenvalue weighted by Crippen LogP contribution is -2.33. The summed E-state index contributed by atoms with van der Waals surface area (Å²) < 4.78 is 16.1. The Hall–Kier alpha value is -2.67. The summed E-state index contributed by atoms with van der Waals surface area (Å²) in [4.78, 5) is 30.4. The fourth-order valence-electron chi connectivity index (χ4n) is 4.34. The van der Waals surface area contributed by atoms with Gasteiger partial charge < -0.3 is 19.5 Å². The van der Waals surface area contributed by atoms with Gasteiger partial charge in [-0.3, -0.25) is 4.98 Å². The Morgan fingerprint density at radius 3 is 2.32 bits per heavy atom. The van der Waals surface area contributed by atoms with E-state index >= 15 is 0 Å². The van der Waals surface area contributed by atoms with Crippen molar-refractivity contribution >= 4 is 11.9 Å². The molecule has 7 heteroatoms. The molecule has 0 radical (unpaired) electrons. The molecule has 31 heavy (non-hydrogen) atoms. The van der Waals surface area contributed by atoms with Crippen molar-refractivity contribution in [3.05, 3.63) is 52.6 Å². The van der Waals surface area contributed by atoms with Gasteiger partial charge in [-0.1, -0.05) is 25.3 Å². The van der Waals surface area contributed by atoms with Crippen LogP contribution in [0.3, 0.4) is 0 Å². The van der Waals surface area contributed by atoms with Crippen molar-refractivity contribution in [3.8, 4) is 0 Å². The lowest BCUT2D eigenvalue weighted by atomic mass is 9.81. The van der Waals surface area contributed by atoms with E-state index in [0.717, 1.165) is 18.4 Å². The molecule has 1 fully saturated rings. The van der Waals surface area contributed by atoms with Gasteiger partial charge in [0.15, 0.2) is 0 Å². The molecule has 7 nitrogen and oxygen atoms in total. The SMILES string of the molecule is COCCOC(=O)C1=C(C)NC(C)=C(C(=O)OCC2CCCCC2)C1c1cccnc1. The number of allylic oxidation sites excluding steroid dienone is 2. The van der Waals surface area contributed by atoms with E-state index in [1.54, 1.807) is 25.6 Å². The summed E-state index contributed by atoms with van der Waals surface area (Å²) in [6.07, 6.45) is 9.13. The number of pyridine rings is 1.